The second-order valence-corrected chi connectivity index (χ2v) is 7.42. The molecular weight excluding hydrogens is 354 g/mol. The van der Waals surface area contributed by atoms with E-state index in [1.54, 1.807) is 14.2 Å². The van der Waals surface area contributed by atoms with Crippen LogP contribution in [0.3, 0.4) is 0 Å². The third-order valence-corrected chi connectivity index (χ3v) is 4.49. The highest BCUT2D eigenvalue weighted by molar-refractivity contribution is 5.38. The highest BCUT2D eigenvalue weighted by atomic mass is 16.5. The van der Waals surface area contributed by atoms with Gasteiger partial charge < -0.3 is 19.3 Å². The Balaban J connectivity index is 2.00. The van der Waals surface area contributed by atoms with Crippen molar-refractivity contribution in [2.45, 2.75) is 32.9 Å². The summed E-state index contributed by atoms with van der Waals surface area (Å²) in [5, 5.41) is 10.5. The number of aliphatic hydroxyl groups is 1. The number of benzene rings is 2. The van der Waals surface area contributed by atoms with Crippen LogP contribution >= 0.6 is 0 Å². The summed E-state index contributed by atoms with van der Waals surface area (Å²) in [6.45, 7) is 6.84. The van der Waals surface area contributed by atoms with Crippen LogP contribution < -0.4 is 14.2 Å². The van der Waals surface area contributed by atoms with E-state index in [1.165, 1.54) is 0 Å². The molecule has 0 amide bonds. The third-order valence-electron chi connectivity index (χ3n) is 4.49. The van der Waals surface area contributed by atoms with Gasteiger partial charge in [-0.25, -0.2) is 0 Å². The first-order valence-electron chi connectivity index (χ1n) is 9.80. The number of rotatable bonds is 12. The van der Waals surface area contributed by atoms with Gasteiger partial charge in [-0.2, -0.15) is 0 Å². The van der Waals surface area contributed by atoms with Gasteiger partial charge in [0.2, 0.25) is 0 Å². The molecule has 5 nitrogen and oxygen atoms in total. The van der Waals surface area contributed by atoms with E-state index in [0.29, 0.717) is 19.0 Å². The summed E-state index contributed by atoms with van der Waals surface area (Å²) in [5.74, 6) is 2.91. The van der Waals surface area contributed by atoms with Crippen LogP contribution in [-0.4, -0.2) is 50.0 Å². The summed E-state index contributed by atoms with van der Waals surface area (Å²) in [5.41, 5.74) is 1.09. The van der Waals surface area contributed by atoms with Crippen molar-refractivity contribution in [3.63, 3.8) is 0 Å². The number of hydrogen-bond donors (Lipinski definition) is 1. The van der Waals surface area contributed by atoms with Gasteiger partial charge in [-0.05, 0) is 48.7 Å². The number of para-hydroxylation sites is 1. The van der Waals surface area contributed by atoms with Crippen molar-refractivity contribution in [1.29, 1.82) is 0 Å². The minimum Gasteiger partial charge on any atom is -0.497 e. The summed E-state index contributed by atoms with van der Waals surface area (Å²) < 4.78 is 16.5. The van der Waals surface area contributed by atoms with E-state index in [2.05, 4.69) is 18.7 Å². The maximum absolute atomic E-state index is 10.5. The lowest BCUT2D eigenvalue weighted by Crippen LogP contribution is -2.36. The van der Waals surface area contributed by atoms with Gasteiger partial charge in [0.25, 0.3) is 0 Å². The molecule has 5 heteroatoms. The van der Waals surface area contributed by atoms with Gasteiger partial charge in [-0.3, -0.25) is 4.90 Å². The Labute approximate surface area is 168 Å². The lowest BCUT2D eigenvalue weighted by atomic mass is 10.1. The average molecular weight is 388 g/mol. The fourth-order valence-corrected chi connectivity index (χ4v) is 2.95. The van der Waals surface area contributed by atoms with Gasteiger partial charge >= 0.3 is 0 Å². The first-order valence-corrected chi connectivity index (χ1v) is 9.80. The van der Waals surface area contributed by atoms with Crippen LogP contribution in [0.2, 0.25) is 0 Å². The first kappa shape index (κ1) is 22.1. The first-order chi connectivity index (χ1) is 13.5. The predicted molar refractivity (Wildman–Crippen MR) is 112 cm³/mol. The highest BCUT2D eigenvalue weighted by Gasteiger charge is 2.15. The van der Waals surface area contributed by atoms with E-state index in [1.807, 2.05) is 48.5 Å². The molecule has 154 valence electrons. The average Bonchev–Trinajstić information content (AvgIpc) is 2.70. The van der Waals surface area contributed by atoms with Crippen LogP contribution in [0.5, 0.6) is 17.2 Å². The molecule has 2 rings (SSSR count). The van der Waals surface area contributed by atoms with Crippen molar-refractivity contribution in [3.05, 3.63) is 54.1 Å². The van der Waals surface area contributed by atoms with E-state index in [0.717, 1.165) is 35.8 Å². The maximum atomic E-state index is 10.5. The van der Waals surface area contributed by atoms with Crippen LogP contribution in [0.25, 0.3) is 0 Å². The summed E-state index contributed by atoms with van der Waals surface area (Å²) in [6, 6.07) is 15.5. The Kier molecular flexibility index (Phi) is 9.11. The molecule has 0 spiro atoms. The Hall–Kier alpha value is -2.24. The summed E-state index contributed by atoms with van der Waals surface area (Å²) >= 11 is 0. The zero-order valence-corrected chi connectivity index (χ0v) is 17.4. The summed E-state index contributed by atoms with van der Waals surface area (Å²) in [6.07, 6.45) is 0.493. The molecule has 0 unspecified atom stereocenters. The largest absolute Gasteiger partial charge is 0.497 e. The lowest BCUT2D eigenvalue weighted by molar-refractivity contribution is 0.0639. The van der Waals surface area contributed by atoms with Gasteiger partial charge in [0.15, 0.2) is 0 Å². The molecule has 1 atom stereocenters. The highest BCUT2D eigenvalue weighted by Crippen LogP contribution is 2.23. The SMILES string of the molecule is COc1cc(CN(CCC(C)C)C[C@@H](O)COc2ccccc2)cc(OC)c1. The second-order valence-electron chi connectivity index (χ2n) is 7.42. The monoisotopic (exact) mass is 387 g/mol. The summed E-state index contributed by atoms with van der Waals surface area (Å²) in [7, 11) is 3.31. The van der Waals surface area contributed by atoms with Gasteiger partial charge in [-0.1, -0.05) is 32.0 Å². The molecule has 2 aromatic carbocycles. The fourth-order valence-electron chi connectivity index (χ4n) is 2.95. The van der Waals surface area contributed by atoms with Crippen LogP contribution in [0.1, 0.15) is 25.8 Å². The maximum Gasteiger partial charge on any atom is 0.122 e. The molecule has 2 aromatic rings. The number of aliphatic hydroxyl groups excluding tert-OH is 1. The van der Waals surface area contributed by atoms with Crippen molar-refractivity contribution in [3.8, 4) is 17.2 Å². The number of hydrogen-bond acceptors (Lipinski definition) is 5. The van der Waals surface area contributed by atoms with Crippen LogP contribution in [0, 0.1) is 5.92 Å². The molecule has 0 aromatic heterocycles. The Morgan fingerprint density at radius 3 is 2.14 bits per heavy atom. The normalized spacial score (nSPS) is 12.2. The van der Waals surface area contributed by atoms with Gasteiger partial charge in [-0.15, -0.1) is 0 Å². The van der Waals surface area contributed by atoms with E-state index in [-0.39, 0.29) is 6.61 Å². The van der Waals surface area contributed by atoms with Crippen LogP contribution in [0.4, 0.5) is 0 Å². The third kappa shape index (κ3) is 7.79. The van der Waals surface area contributed by atoms with Crippen molar-refractivity contribution < 1.29 is 19.3 Å². The van der Waals surface area contributed by atoms with E-state index < -0.39 is 6.10 Å². The van der Waals surface area contributed by atoms with Gasteiger partial charge in [0.05, 0.1) is 14.2 Å². The number of ether oxygens (including phenoxy) is 3. The second kappa shape index (κ2) is 11.6. The Bertz CT molecular complexity index is 668. The minimum absolute atomic E-state index is 0.267. The van der Waals surface area contributed by atoms with Gasteiger partial charge in [0, 0.05) is 19.2 Å². The zero-order chi connectivity index (χ0) is 20.4. The molecule has 1 N–H and O–H groups in total. The molecule has 0 saturated heterocycles. The van der Waals surface area contributed by atoms with Crippen molar-refractivity contribution in [2.24, 2.45) is 5.92 Å². The van der Waals surface area contributed by atoms with E-state index >= 15 is 0 Å². The molecule has 0 radical (unpaired) electrons. The van der Waals surface area contributed by atoms with Gasteiger partial charge in [0.1, 0.15) is 30.0 Å². The van der Waals surface area contributed by atoms with Crippen LogP contribution in [-0.2, 0) is 6.54 Å². The predicted octanol–water partition coefficient (Wildman–Crippen LogP) is 3.99. The summed E-state index contributed by atoms with van der Waals surface area (Å²) in [4.78, 5) is 2.26. The van der Waals surface area contributed by atoms with E-state index in [4.69, 9.17) is 14.2 Å². The van der Waals surface area contributed by atoms with Crippen LogP contribution in [0.15, 0.2) is 48.5 Å². The van der Waals surface area contributed by atoms with E-state index in [9.17, 15) is 5.11 Å². The fraction of sp³-hybridized carbons (Fsp3) is 0.478. The number of methoxy groups -OCH3 is 2. The minimum atomic E-state index is -0.570. The molecule has 0 saturated carbocycles. The standard InChI is InChI=1S/C23H33NO4/c1-18(2)10-11-24(15-19-12-22(26-3)14-23(13-19)27-4)16-20(25)17-28-21-8-6-5-7-9-21/h5-9,12-14,18,20,25H,10-11,15-17H2,1-4H3/t20-/m1/s1. The molecule has 0 heterocycles. The molecule has 0 aliphatic carbocycles. The zero-order valence-electron chi connectivity index (χ0n) is 17.4. The molecule has 0 fully saturated rings. The Morgan fingerprint density at radius 1 is 0.929 bits per heavy atom. The smallest absolute Gasteiger partial charge is 0.122 e. The topological polar surface area (TPSA) is 51.2 Å². The molecule has 28 heavy (non-hydrogen) atoms. The molecule has 0 aliphatic rings. The Morgan fingerprint density at radius 2 is 1.57 bits per heavy atom. The van der Waals surface area contributed by atoms with Crippen molar-refractivity contribution in [2.75, 3.05) is 33.9 Å². The van der Waals surface area contributed by atoms with Crippen molar-refractivity contribution in [1.82, 2.24) is 4.90 Å². The molecular formula is C23H33NO4. The molecule has 0 bridgehead atoms. The van der Waals surface area contributed by atoms with Crippen molar-refractivity contribution >= 4 is 0 Å². The number of nitrogens with zero attached hydrogens (tertiary/aromatic N) is 1. The quantitative estimate of drug-likeness (QED) is 0.597. The lowest BCUT2D eigenvalue weighted by Gasteiger charge is -2.26. The molecule has 0 aliphatic heterocycles.